The fourth-order valence-corrected chi connectivity index (χ4v) is 5.45. The molecule has 176 valence electrons. The molecule has 7 nitrogen and oxygen atoms in total. The highest BCUT2D eigenvalue weighted by atomic mass is 19.1. The molecule has 34 heavy (non-hydrogen) atoms. The maximum atomic E-state index is 15.3. The number of aromatic hydroxyl groups is 1. The number of nitrogens with zero attached hydrogens (tertiary/aromatic N) is 4. The van der Waals surface area contributed by atoms with Crippen molar-refractivity contribution < 1.29 is 14.2 Å². The molecule has 3 aromatic rings. The van der Waals surface area contributed by atoms with Gasteiger partial charge in [0.1, 0.15) is 17.7 Å². The second-order valence-corrected chi connectivity index (χ2v) is 9.51. The van der Waals surface area contributed by atoms with E-state index in [9.17, 15) is 5.11 Å². The highest BCUT2D eigenvalue weighted by Crippen LogP contribution is 2.40. The van der Waals surface area contributed by atoms with Crippen molar-refractivity contribution in [3.63, 3.8) is 0 Å². The third-order valence-electron chi connectivity index (χ3n) is 7.31. The second kappa shape index (κ2) is 8.51. The normalized spacial score (nSPS) is 25.8. The average Bonchev–Trinajstić information content (AvgIpc) is 3.62. The number of ether oxygens (including phenoxy) is 1. The van der Waals surface area contributed by atoms with Crippen LogP contribution < -0.4 is 15.0 Å². The van der Waals surface area contributed by atoms with Crippen molar-refractivity contribution in [1.82, 2.24) is 20.3 Å². The van der Waals surface area contributed by atoms with Crippen molar-refractivity contribution in [3.05, 3.63) is 48.9 Å². The summed E-state index contributed by atoms with van der Waals surface area (Å²) in [6, 6.07) is 9.68. The van der Waals surface area contributed by atoms with Crippen LogP contribution >= 0.6 is 0 Å². The first kappa shape index (κ1) is 21.3. The van der Waals surface area contributed by atoms with Crippen molar-refractivity contribution in [2.75, 3.05) is 12.0 Å². The molecule has 1 aromatic carbocycles. The molecule has 0 spiro atoms. The first-order valence-electron chi connectivity index (χ1n) is 11.9. The van der Waals surface area contributed by atoms with Gasteiger partial charge in [0.15, 0.2) is 0 Å². The average molecular weight is 462 g/mol. The van der Waals surface area contributed by atoms with E-state index in [-0.39, 0.29) is 17.8 Å². The number of phenols is 1. The van der Waals surface area contributed by atoms with E-state index in [0.29, 0.717) is 29.2 Å². The maximum absolute atomic E-state index is 15.3. The number of alkyl halides is 1. The molecular weight excluding hydrogens is 433 g/mol. The second-order valence-electron chi connectivity index (χ2n) is 9.51. The number of rotatable bonds is 6. The number of nitrogens with one attached hydrogen (secondary N) is 1. The van der Waals surface area contributed by atoms with Gasteiger partial charge in [-0.1, -0.05) is 6.07 Å². The number of methoxy groups -OCH3 is 1. The molecule has 2 unspecified atom stereocenters. The van der Waals surface area contributed by atoms with Gasteiger partial charge < -0.3 is 20.1 Å². The largest absolute Gasteiger partial charge is 0.507 e. The van der Waals surface area contributed by atoms with Crippen LogP contribution in [0.5, 0.6) is 11.6 Å². The molecule has 2 saturated heterocycles. The summed E-state index contributed by atoms with van der Waals surface area (Å²) in [5, 5.41) is 14.2. The highest BCUT2D eigenvalue weighted by molar-refractivity contribution is 5.74. The summed E-state index contributed by atoms with van der Waals surface area (Å²) < 4.78 is 20.5. The Hall–Kier alpha value is -3.26. The van der Waals surface area contributed by atoms with E-state index in [0.717, 1.165) is 49.0 Å². The van der Waals surface area contributed by atoms with E-state index in [2.05, 4.69) is 25.2 Å². The molecule has 2 N–H and O–H groups in total. The Kier molecular flexibility index (Phi) is 5.32. The highest BCUT2D eigenvalue weighted by Gasteiger charge is 2.48. The molecule has 3 aliphatic rings. The van der Waals surface area contributed by atoms with Crippen LogP contribution in [0.4, 0.5) is 10.2 Å². The lowest BCUT2D eigenvalue weighted by molar-refractivity contribution is 0.171. The first-order valence-corrected chi connectivity index (χ1v) is 11.9. The third-order valence-corrected chi connectivity index (χ3v) is 7.31. The van der Waals surface area contributed by atoms with E-state index in [1.165, 1.54) is 0 Å². The van der Waals surface area contributed by atoms with Crippen molar-refractivity contribution in [1.29, 1.82) is 0 Å². The van der Waals surface area contributed by atoms with E-state index >= 15 is 4.39 Å². The number of phenolic OH excluding ortho intramolecular Hbond substituents is 1. The minimum absolute atomic E-state index is 0.0481. The molecule has 1 saturated carbocycles. The minimum Gasteiger partial charge on any atom is -0.507 e. The summed E-state index contributed by atoms with van der Waals surface area (Å²) in [6.45, 7) is 0. The van der Waals surface area contributed by atoms with Crippen LogP contribution in [0.15, 0.2) is 48.9 Å². The lowest BCUT2D eigenvalue weighted by Crippen LogP contribution is -2.57. The Morgan fingerprint density at radius 1 is 1.03 bits per heavy atom. The van der Waals surface area contributed by atoms with Crippen LogP contribution in [-0.2, 0) is 0 Å². The number of aromatic nitrogens is 3. The van der Waals surface area contributed by atoms with Crippen molar-refractivity contribution in [3.8, 4) is 34.0 Å². The topological polar surface area (TPSA) is 83.4 Å². The van der Waals surface area contributed by atoms with E-state index in [4.69, 9.17) is 4.74 Å². The Morgan fingerprint density at radius 2 is 1.88 bits per heavy atom. The molecule has 4 atom stereocenters. The molecule has 2 bridgehead atoms. The van der Waals surface area contributed by atoms with Gasteiger partial charge in [0.2, 0.25) is 5.88 Å². The van der Waals surface area contributed by atoms with Gasteiger partial charge in [-0.05, 0) is 61.4 Å². The lowest BCUT2D eigenvalue weighted by Gasteiger charge is -2.41. The van der Waals surface area contributed by atoms with Gasteiger partial charge in [0.25, 0.3) is 0 Å². The number of anilines is 1. The fourth-order valence-electron chi connectivity index (χ4n) is 5.45. The Morgan fingerprint density at radius 3 is 2.62 bits per heavy atom. The summed E-state index contributed by atoms with van der Waals surface area (Å²) in [5.41, 5.74) is 2.93. The van der Waals surface area contributed by atoms with Crippen molar-refractivity contribution in [2.24, 2.45) is 0 Å². The SMILES string of the molecule is COc1cc(-c2ccc(-c3cnc(N(C4CC4)[C@H]4CC5CCC(N5)[C@H]4F)cn3)c(O)c2)ccn1. The summed E-state index contributed by atoms with van der Waals surface area (Å²) in [5.74, 6) is 1.35. The van der Waals surface area contributed by atoms with Crippen LogP contribution in [-0.4, -0.2) is 57.5 Å². The van der Waals surface area contributed by atoms with Crippen LogP contribution in [0.1, 0.15) is 32.1 Å². The molecule has 2 aromatic heterocycles. The number of hydrogen-bond donors (Lipinski definition) is 2. The number of pyridine rings is 1. The first-order chi connectivity index (χ1) is 16.6. The van der Waals surface area contributed by atoms with Gasteiger partial charge >= 0.3 is 0 Å². The van der Waals surface area contributed by atoms with Crippen molar-refractivity contribution >= 4 is 5.82 Å². The van der Waals surface area contributed by atoms with Gasteiger partial charge in [-0.3, -0.25) is 4.98 Å². The molecule has 4 heterocycles. The van der Waals surface area contributed by atoms with Gasteiger partial charge in [-0.2, -0.15) is 0 Å². The number of benzene rings is 1. The quantitative estimate of drug-likeness (QED) is 0.571. The van der Waals surface area contributed by atoms with Gasteiger partial charge in [0.05, 0.1) is 31.2 Å². The van der Waals surface area contributed by atoms with Crippen LogP contribution in [0.25, 0.3) is 22.4 Å². The van der Waals surface area contributed by atoms with Gasteiger partial charge in [-0.25, -0.2) is 14.4 Å². The maximum Gasteiger partial charge on any atom is 0.213 e. The van der Waals surface area contributed by atoms with E-state index < -0.39 is 6.17 Å². The molecule has 8 heteroatoms. The molecule has 0 radical (unpaired) electrons. The van der Waals surface area contributed by atoms with Gasteiger partial charge in [0, 0.05) is 36.0 Å². The number of piperidine rings is 1. The third kappa shape index (κ3) is 3.86. The number of fused-ring (bicyclic) bond motifs is 2. The monoisotopic (exact) mass is 461 g/mol. The zero-order valence-electron chi connectivity index (χ0n) is 19.1. The van der Waals surface area contributed by atoms with Crippen molar-refractivity contribution in [2.45, 2.75) is 62.4 Å². The summed E-state index contributed by atoms with van der Waals surface area (Å²) in [4.78, 5) is 15.6. The van der Waals surface area contributed by atoms with Gasteiger partial charge in [-0.15, -0.1) is 0 Å². The zero-order chi connectivity index (χ0) is 23.2. The molecule has 0 amide bonds. The summed E-state index contributed by atoms with van der Waals surface area (Å²) in [7, 11) is 1.57. The molecular formula is C26H28FN5O2. The Balaban J connectivity index is 1.26. The molecule has 1 aliphatic carbocycles. The Labute approximate surface area is 198 Å². The smallest absolute Gasteiger partial charge is 0.213 e. The Bertz CT molecular complexity index is 1190. The standard InChI is InChI=1S/C26H28FN5O2/c1-34-25-11-16(8-9-28-25)15-2-6-19(23(33)10-15)21-13-30-24(14-29-21)32(18-4-5-18)22-12-17-3-7-20(31-17)26(22)27/h2,6,8-11,13-14,17-18,20,22,26,31,33H,3-5,7,12H2,1H3/t17?,20?,22-,26+/m0/s1. The lowest BCUT2D eigenvalue weighted by atomic mass is 9.96. The minimum atomic E-state index is -0.899. The zero-order valence-corrected chi connectivity index (χ0v) is 19.1. The summed E-state index contributed by atoms with van der Waals surface area (Å²) in [6.07, 6.45) is 9.08. The predicted molar refractivity (Wildman–Crippen MR) is 128 cm³/mol. The molecule has 6 rings (SSSR count). The van der Waals surface area contributed by atoms with Crippen LogP contribution in [0, 0.1) is 0 Å². The predicted octanol–water partition coefficient (Wildman–Crippen LogP) is 4.12. The fraction of sp³-hybridized carbons (Fsp3) is 0.423. The number of hydrogen-bond acceptors (Lipinski definition) is 7. The number of halogens is 1. The molecule has 3 fully saturated rings. The van der Waals surface area contributed by atoms with E-state index in [1.54, 1.807) is 31.8 Å². The molecule has 2 aliphatic heterocycles. The van der Waals surface area contributed by atoms with Crippen LogP contribution in [0.2, 0.25) is 0 Å². The summed E-state index contributed by atoms with van der Waals surface area (Å²) >= 11 is 0. The van der Waals surface area contributed by atoms with E-state index in [1.807, 2.05) is 24.3 Å². The van der Waals surface area contributed by atoms with Crippen LogP contribution in [0.3, 0.4) is 0 Å².